The molecule has 2 fully saturated rings. The first-order valence-corrected chi connectivity index (χ1v) is 11.8. The first kappa shape index (κ1) is 25.1. The SMILES string of the molecule is C=C(F)C(=O)N1CC(n2nc(-c3ccc(C(F)(F)F)cc3)c3nccc(-c4nc(C5CC(F)(F)C5)no4)c32)C1. The van der Waals surface area contributed by atoms with Crippen LogP contribution in [0.15, 0.2) is 53.5 Å². The Morgan fingerprint density at radius 1 is 1.10 bits per heavy atom. The quantitative estimate of drug-likeness (QED) is 0.240. The van der Waals surface area contributed by atoms with Crippen molar-refractivity contribution in [2.45, 2.75) is 36.9 Å². The van der Waals surface area contributed by atoms with Gasteiger partial charge in [-0.3, -0.25) is 14.5 Å². The minimum absolute atomic E-state index is 0.0251. The summed E-state index contributed by atoms with van der Waals surface area (Å²) >= 11 is 0. The number of carbonyl (C=O) groups excluding carboxylic acids is 1. The third-order valence-corrected chi connectivity index (χ3v) is 6.93. The zero-order valence-corrected chi connectivity index (χ0v) is 19.9. The normalized spacial score (nSPS) is 17.7. The molecule has 8 nitrogen and oxygen atoms in total. The van der Waals surface area contributed by atoms with E-state index in [1.807, 2.05) is 0 Å². The Bertz CT molecular complexity index is 1600. The van der Waals surface area contributed by atoms with Gasteiger partial charge in [-0.15, -0.1) is 0 Å². The number of aromatic nitrogens is 5. The van der Waals surface area contributed by atoms with E-state index in [1.165, 1.54) is 27.9 Å². The minimum atomic E-state index is -4.52. The Kier molecular flexibility index (Phi) is 5.56. The summed E-state index contributed by atoms with van der Waals surface area (Å²) in [6.07, 6.45) is -3.87. The predicted molar refractivity (Wildman–Crippen MR) is 124 cm³/mol. The van der Waals surface area contributed by atoms with Crippen LogP contribution in [0.1, 0.15) is 36.2 Å². The molecular weight excluding hydrogens is 530 g/mol. The van der Waals surface area contributed by atoms with Gasteiger partial charge in [0.15, 0.2) is 11.7 Å². The van der Waals surface area contributed by atoms with Crippen molar-refractivity contribution in [1.82, 2.24) is 29.8 Å². The van der Waals surface area contributed by atoms with Crippen LogP contribution in [0, 0.1) is 0 Å². The number of nitrogens with zero attached hydrogens (tertiary/aromatic N) is 6. The van der Waals surface area contributed by atoms with Gasteiger partial charge >= 0.3 is 6.18 Å². The number of hydrogen-bond donors (Lipinski definition) is 0. The molecule has 14 heteroatoms. The number of alkyl halides is 5. The first-order valence-electron chi connectivity index (χ1n) is 11.8. The summed E-state index contributed by atoms with van der Waals surface area (Å²) in [4.78, 5) is 21.9. The second-order valence-electron chi connectivity index (χ2n) is 9.61. The van der Waals surface area contributed by atoms with Crippen molar-refractivity contribution in [3.63, 3.8) is 0 Å². The molecule has 202 valence electrons. The Balaban J connectivity index is 1.43. The summed E-state index contributed by atoms with van der Waals surface area (Å²) in [5.41, 5.74) is 0.847. The van der Waals surface area contributed by atoms with Crippen molar-refractivity contribution in [1.29, 1.82) is 0 Å². The lowest BCUT2D eigenvalue weighted by atomic mass is 9.81. The summed E-state index contributed by atoms with van der Waals surface area (Å²) in [5, 5.41) is 8.48. The average molecular weight is 548 g/mol. The van der Waals surface area contributed by atoms with E-state index >= 15 is 0 Å². The zero-order chi connectivity index (χ0) is 27.7. The predicted octanol–water partition coefficient (Wildman–Crippen LogP) is 5.55. The van der Waals surface area contributed by atoms with Gasteiger partial charge in [0.2, 0.25) is 5.92 Å². The van der Waals surface area contributed by atoms with Crippen LogP contribution in [0.5, 0.6) is 0 Å². The topological polar surface area (TPSA) is 89.9 Å². The highest BCUT2D eigenvalue weighted by atomic mass is 19.4. The molecule has 1 aliphatic carbocycles. The lowest BCUT2D eigenvalue weighted by Crippen LogP contribution is -2.51. The summed E-state index contributed by atoms with van der Waals surface area (Å²) in [7, 11) is 0. The maximum atomic E-state index is 13.4. The molecule has 0 bridgehead atoms. The number of halogens is 6. The molecule has 4 aromatic rings. The van der Waals surface area contributed by atoms with E-state index in [2.05, 4.69) is 26.8 Å². The van der Waals surface area contributed by atoms with Crippen LogP contribution in [0.4, 0.5) is 26.3 Å². The number of fused-ring (bicyclic) bond motifs is 1. The smallest absolute Gasteiger partial charge is 0.334 e. The minimum Gasteiger partial charge on any atom is -0.334 e. The van der Waals surface area contributed by atoms with Gasteiger partial charge in [0.1, 0.15) is 16.7 Å². The van der Waals surface area contributed by atoms with Crippen LogP contribution >= 0.6 is 0 Å². The van der Waals surface area contributed by atoms with Gasteiger partial charge in [0, 0.05) is 43.6 Å². The summed E-state index contributed by atoms with van der Waals surface area (Å²) < 4.78 is 86.3. The van der Waals surface area contributed by atoms with Crippen molar-refractivity contribution < 1.29 is 35.7 Å². The lowest BCUT2D eigenvalue weighted by molar-refractivity contribution is -0.137. The molecule has 0 radical (unpaired) electrons. The van der Waals surface area contributed by atoms with Gasteiger partial charge in [-0.2, -0.15) is 23.3 Å². The van der Waals surface area contributed by atoms with Crippen molar-refractivity contribution >= 4 is 16.9 Å². The van der Waals surface area contributed by atoms with Crippen LogP contribution < -0.4 is 0 Å². The van der Waals surface area contributed by atoms with E-state index in [4.69, 9.17) is 4.52 Å². The summed E-state index contributed by atoms with van der Waals surface area (Å²) in [5.74, 6) is -5.13. The highest BCUT2D eigenvalue weighted by Gasteiger charge is 2.48. The largest absolute Gasteiger partial charge is 0.416 e. The zero-order valence-electron chi connectivity index (χ0n) is 19.9. The third kappa shape index (κ3) is 4.33. The van der Waals surface area contributed by atoms with E-state index in [0.29, 0.717) is 22.2 Å². The Hall–Kier alpha value is -4.23. The number of amides is 1. The fourth-order valence-corrected chi connectivity index (χ4v) is 4.81. The number of benzene rings is 1. The van der Waals surface area contributed by atoms with Gasteiger partial charge in [0.25, 0.3) is 11.8 Å². The molecule has 0 N–H and O–H groups in total. The maximum absolute atomic E-state index is 13.4. The van der Waals surface area contributed by atoms with E-state index < -0.39 is 41.4 Å². The van der Waals surface area contributed by atoms with Crippen molar-refractivity contribution in [2.24, 2.45) is 0 Å². The second-order valence-corrected chi connectivity index (χ2v) is 9.61. The van der Waals surface area contributed by atoms with Gasteiger partial charge in [0.05, 0.1) is 17.2 Å². The molecule has 0 atom stereocenters. The molecule has 3 aromatic heterocycles. The first-order chi connectivity index (χ1) is 18.4. The van der Waals surface area contributed by atoms with E-state index in [0.717, 1.165) is 12.1 Å². The fourth-order valence-electron chi connectivity index (χ4n) is 4.81. The molecule has 1 aliphatic heterocycles. The van der Waals surface area contributed by atoms with Crippen LogP contribution in [0.2, 0.25) is 0 Å². The van der Waals surface area contributed by atoms with Gasteiger partial charge < -0.3 is 9.42 Å². The molecule has 1 aromatic carbocycles. The van der Waals surface area contributed by atoms with E-state index in [-0.39, 0.29) is 43.3 Å². The van der Waals surface area contributed by atoms with Gasteiger partial charge in [-0.25, -0.2) is 13.2 Å². The monoisotopic (exact) mass is 548 g/mol. The standard InChI is InChI=1S/C25H18F6N6O2/c1-12(26)23(38)36-10-16(11-36)37-20-17(22-33-21(35-39-22)14-8-24(27,28)9-14)6-7-32-19(20)18(34-37)13-2-4-15(5-3-13)25(29,30)31/h2-7,14,16H,1,8-11H2. The molecule has 0 spiro atoms. The van der Waals surface area contributed by atoms with Crippen molar-refractivity contribution in [2.75, 3.05) is 13.1 Å². The number of rotatable bonds is 5. The fraction of sp³-hybridized carbons (Fsp3) is 0.320. The number of hydrogen-bond acceptors (Lipinski definition) is 6. The number of likely N-dealkylation sites (tertiary alicyclic amines) is 1. The molecule has 4 heterocycles. The highest BCUT2D eigenvalue weighted by Crippen LogP contribution is 2.48. The number of pyridine rings is 1. The molecule has 1 saturated heterocycles. The number of carbonyl (C=O) groups is 1. The van der Waals surface area contributed by atoms with E-state index in [9.17, 15) is 31.1 Å². The van der Waals surface area contributed by atoms with Crippen LogP contribution in [0.25, 0.3) is 33.7 Å². The lowest BCUT2D eigenvalue weighted by Gasteiger charge is -2.39. The molecule has 6 rings (SSSR count). The van der Waals surface area contributed by atoms with Crippen molar-refractivity contribution in [3.8, 4) is 22.7 Å². The second kappa shape index (κ2) is 8.64. The molecule has 39 heavy (non-hydrogen) atoms. The molecular formula is C25H18F6N6O2. The molecule has 1 saturated carbocycles. The Labute approximate surface area is 215 Å². The highest BCUT2D eigenvalue weighted by molar-refractivity contribution is 5.98. The van der Waals surface area contributed by atoms with Crippen LogP contribution in [-0.2, 0) is 11.0 Å². The summed E-state index contributed by atoms with van der Waals surface area (Å²) in [6, 6.07) is 5.53. The molecule has 1 amide bonds. The van der Waals surface area contributed by atoms with Gasteiger partial charge in [-0.1, -0.05) is 23.9 Å². The summed E-state index contributed by atoms with van der Waals surface area (Å²) in [6.45, 7) is 3.20. The van der Waals surface area contributed by atoms with Gasteiger partial charge in [-0.05, 0) is 18.2 Å². The van der Waals surface area contributed by atoms with E-state index in [1.54, 1.807) is 6.07 Å². The Morgan fingerprint density at radius 2 is 1.79 bits per heavy atom. The Morgan fingerprint density at radius 3 is 2.41 bits per heavy atom. The average Bonchev–Trinajstić information content (AvgIpc) is 3.47. The van der Waals surface area contributed by atoms with Crippen molar-refractivity contribution in [3.05, 3.63) is 60.3 Å². The van der Waals surface area contributed by atoms with Crippen LogP contribution in [-0.4, -0.2) is 54.7 Å². The molecule has 0 unspecified atom stereocenters. The maximum Gasteiger partial charge on any atom is 0.416 e. The van der Waals surface area contributed by atoms with Crippen LogP contribution in [0.3, 0.4) is 0 Å². The third-order valence-electron chi connectivity index (χ3n) is 6.93. The molecule has 2 aliphatic rings.